The summed E-state index contributed by atoms with van der Waals surface area (Å²) in [6.45, 7) is 0.0497. The molecule has 4 rings (SSSR count). The van der Waals surface area contributed by atoms with Crippen molar-refractivity contribution < 1.29 is 14.6 Å². The van der Waals surface area contributed by atoms with Gasteiger partial charge in [0.1, 0.15) is 17.2 Å². The number of hydrogen-bond donors (Lipinski definition) is 3. The van der Waals surface area contributed by atoms with Crippen molar-refractivity contribution in [3.05, 3.63) is 35.9 Å². The summed E-state index contributed by atoms with van der Waals surface area (Å²) < 4.78 is 15.3. The molecule has 3 aromatic rings. The Hall–Kier alpha value is -2.73. The number of aliphatic hydroxyl groups is 2. The lowest BCUT2D eigenvalue weighted by molar-refractivity contribution is 0.110. The van der Waals surface area contributed by atoms with Crippen LogP contribution >= 0.6 is 12.4 Å². The molecule has 29 heavy (non-hydrogen) atoms. The molecular weight excluding hydrogens is 397 g/mol. The van der Waals surface area contributed by atoms with Gasteiger partial charge in [-0.15, -0.1) is 12.4 Å². The normalized spacial score (nSPS) is 15.0. The third-order valence-corrected chi connectivity index (χ3v) is 4.87. The van der Waals surface area contributed by atoms with E-state index in [0.29, 0.717) is 35.4 Å². The number of aliphatic hydroxyl groups excluding tert-OH is 1. The molecule has 9 heteroatoms. The molecule has 0 saturated heterocycles. The summed E-state index contributed by atoms with van der Waals surface area (Å²) in [6.07, 6.45) is 3.13. The Kier molecular flexibility index (Phi) is 6.03. The van der Waals surface area contributed by atoms with Crippen LogP contribution < -0.4 is 5.73 Å². The number of imidazole rings is 1. The van der Waals surface area contributed by atoms with Crippen LogP contribution in [0.3, 0.4) is 0 Å². The second-order valence-electron chi connectivity index (χ2n) is 6.91. The molecule has 0 aliphatic heterocycles. The molecule has 0 atom stereocenters. The van der Waals surface area contributed by atoms with Crippen LogP contribution in [-0.2, 0) is 6.54 Å². The van der Waals surface area contributed by atoms with Gasteiger partial charge in [-0.25, -0.2) is 19.3 Å². The number of fused-ring (bicyclic) bond motifs is 1. The zero-order valence-electron chi connectivity index (χ0n) is 15.6. The second kappa shape index (κ2) is 8.33. The Morgan fingerprint density at radius 1 is 1.21 bits per heavy atom. The van der Waals surface area contributed by atoms with E-state index in [1.165, 1.54) is 12.1 Å². The van der Waals surface area contributed by atoms with Gasteiger partial charge in [-0.1, -0.05) is 18.1 Å². The van der Waals surface area contributed by atoms with Crippen LogP contribution in [0, 0.1) is 17.7 Å². The van der Waals surface area contributed by atoms with Crippen molar-refractivity contribution in [1.82, 2.24) is 19.5 Å². The monoisotopic (exact) mass is 417 g/mol. The Labute approximate surface area is 173 Å². The smallest absolute Gasteiger partial charge is 0.209 e. The number of nitrogens with zero attached hydrogens (tertiary/aromatic N) is 4. The highest BCUT2D eigenvalue weighted by Crippen LogP contribution is 2.29. The number of anilines is 1. The van der Waals surface area contributed by atoms with E-state index in [-0.39, 0.29) is 37.2 Å². The van der Waals surface area contributed by atoms with Crippen molar-refractivity contribution in [2.75, 3.05) is 12.3 Å². The molecule has 1 saturated carbocycles. The summed E-state index contributed by atoms with van der Waals surface area (Å²) in [4.78, 5) is 13.1. The molecule has 0 amide bonds. The molecule has 4 N–H and O–H groups in total. The number of aromatic nitrogens is 4. The zero-order chi connectivity index (χ0) is 19.7. The quantitative estimate of drug-likeness (QED) is 0.564. The predicted molar refractivity (Wildman–Crippen MR) is 110 cm³/mol. The topological polar surface area (TPSA) is 110 Å². The van der Waals surface area contributed by atoms with E-state index in [9.17, 15) is 14.6 Å². The minimum absolute atomic E-state index is 0. The van der Waals surface area contributed by atoms with Crippen LogP contribution in [0.25, 0.3) is 22.6 Å². The first-order valence-corrected chi connectivity index (χ1v) is 9.15. The summed E-state index contributed by atoms with van der Waals surface area (Å²) >= 11 is 0. The third kappa shape index (κ3) is 4.17. The first kappa shape index (κ1) is 21.0. The lowest BCUT2D eigenvalue weighted by Crippen LogP contribution is -2.21. The Morgan fingerprint density at radius 3 is 2.66 bits per heavy atom. The first-order chi connectivity index (χ1) is 13.5. The van der Waals surface area contributed by atoms with Gasteiger partial charge in [0.05, 0.1) is 6.61 Å². The lowest BCUT2D eigenvalue weighted by atomic mass is 10.0. The number of nitrogen functional groups attached to an aromatic ring is 1. The fourth-order valence-corrected chi connectivity index (χ4v) is 3.49. The molecule has 1 fully saturated rings. The predicted octanol–water partition coefficient (Wildman–Crippen LogP) is 2.29. The third-order valence-electron chi connectivity index (χ3n) is 4.87. The number of halogens is 2. The summed E-state index contributed by atoms with van der Waals surface area (Å²) in [7, 11) is 0. The molecule has 1 aliphatic rings. The molecule has 2 aromatic heterocycles. The highest BCUT2D eigenvalue weighted by molar-refractivity contribution is 5.86. The van der Waals surface area contributed by atoms with Crippen molar-refractivity contribution in [2.24, 2.45) is 0 Å². The number of hydrogen-bond acceptors (Lipinski definition) is 6. The van der Waals surface area contributed by atoms with Gasteiger partial charge in [0.15, 0.2) is 17.0 Å². The maximum Gasteiger partial charge on any atom is 0.209 e. The Morgan fingerprint density at radius 2 is 1.97 bits per heavy atom. The van der Waals surface area contributed by atoms with Crippen LogP contribution in [-0.4, -0.2) is 41.9 Å². The highest BCUT2D eigenvalue weighted by atomic mass is 35.5. The van der Waals surface area contributed by atoms with E-state index in [1.54, 1.807) is 16.7 Å². The molecule has 0 bridgehead atoms. The highest BCUT2D eigenvalue weighted by Gasteiger charge is 2.28. The maximum atomic E-state index is 13.7. The van der Waals surface area contributed by atoms with E-state index in [4.69, 9.17) is 5.73 Å². The van der Waals surface area contributed by atoms with Crippen molar-refractivity contribution in [3.8, 4) is 23.2 Å². The van der Waals surface area contributed by atoms with E-state index >= 15 is 0 Å². The van der Waals surface area contributed by atoms with Crippen molar-refractivity contribution in [3.63, 3.8) is 0 Å². The summed E-state index contributed by atoms with van der Waals surface area (Å²) in [5.41, 5.74) is 6.36. The molecule has 1 aromatic carbocycles. The molecule has 0 unspecified atom stereocenters. The molecule has 0 radical (unpaired) electrons. The van der Waals surface area contributed by atoms with Gasteiger partial charge in [-0.2, -0.15) is 0 Å². The van der Waals surface area contributed by atoms with E-state index in [0.717, 1.165) is 12.8 Å². The molecular formula is C20H21ClFN5O2. The van der Waals surface area contributed by atoms with Gasteiger partial charge >= 0.3 is 0 Å². The van der Waals surface area contributed by atoms with Crippen LogP contribution in [0.4, 0.5) is 10.2 Å². The van der Waals surface area contributed by atoms with Crippen molar-refractivity contribution >= 4 is 29.4 Å². The van der Waals surface area contributed by atoms with Gasteiger partial charge in [-0.05, 0) is 43.7 Å². The Balaban J connectivity index is 0.00000240. The maximum absolute atomic E-state index is 13.7. The lowest BCUT2D eigenvalue weighted by Gasteiger charge is -2.12. The fraction of sp³-hybridized carbons (Fsp3) is 0.350. The van der Waals surface area contributed by atoms with Crippen molar-refractivity contribution in [2.45, 2.75) is 37.8 Å². The average molecular weight is 418 g/mol. The minimum atomic E-state index is -1.01. The molecule has 152 valence electrons. The number of nitrogens with two attached hydrogens (primary N) is 1. The van der Waals surface area contributed by atoms with Gasteiger partial charge in [-0.3, -0.25) is 0 Å². The minimum Gasteiger partial charge on any atom is -0.395 e. The Bertz CT molecular complexity index is 1100. The van der Waals surface area contributed by atoms with E-state index in [2.05, 4.69) is 26.8 Å². The van der Waals surface area contributed by atoms with Crippen LogP contribution in [0.2, 0.25) is 0 Å². The van der Waals surface area contributed by atoms with Crippen LogP contribution in [0.15, 0.2) is 24.3 Å². The zero-order valence-corrected chi connectivity index (χ0v) is 16.4. The molecule has 7 nitrogen and oxygen atoms in total. The SMILES string of the molecule is Cl.Nc1nc(C#CC2(O)CCCC2)nc2c1nc(-c1cccc(F)c1)n2CCO. The first-order valence-electron chi connectivity index (χ1n) is 9.15. The largest absolute Gasteiger partial charge is 0.395 e. The fourth-order valence-electron chi connectivity index (χ4n) is 3.49. The molecule has 2 heterocycles. The standard InChI is InChI=1S/C20H20FN5O2.ClH/c21-14-5-3-4-13(12-14)18-25-16-17(22)23-15(24-19(16)26(18)10-11-27)6-9-20(28)7-1-2-8-20;/h3-5,12,27-28H,1-2,7-8,10-11H2,(H2,22,23,24);1H. The molecule has 1 aliphatic carbocycles. The average Bonchev–Trinajstić information content (AvgIpc) is 3.26. The second-order valence-corrected chi connectivity index (χ2v) is 6.91. The van der Waals surface area contributed by atoms with E-state index < -0.39 is 11.4 Å². The molecule has 0 spiro atoms. The van der Waals surface area contributed by atoms with Crippen LogP contribution in [0.5, 0.6) is 0 Å². The summed E-state index contributed by atoms with van der Waals surface area (Å²) in [5.74, 6) is 6.04. The van der Waals surface area contributed by atoms with Gasteiger partial charge in [0, 0.05) is 12.1 Å². The van der Waals surface area contributed by atoms with Crippen molar-refractivity contribution in [1.29, 1.82) is 0 Å². The van der Waals surface area contributed by atoms with Gasteiger partial charge in [0.2, 0.25) is 5.82 Å². The van der Waals surface area contributed by atoms with E-state index in [1.807, 2.05) is 0 Å². The van der Waals surface area contributed by atoms with Gasteiger partial charge < -0.3 is 20.5 Å². The van der Waals surface area contributed by atoms with Gasteiger partial charge in [0.25, 0.3) is 0 Å². The summed E-state index contributed by atoms with van der Waals surface area (Å²) in [6, 6.07) is 6.01. The summed E-state index contributed by atoms with van der Waals surface area (Å²) in [5, 5.41) is 19.9. The number of rotatable bonds is 3. The van der Waals surface area contributed by atoms with Crippen LogP contribution in [0.1, 0.15) is 31.5 Å². The number of benzene rings is 1.